The van der Waals surface area contributed by atoms with E-state index in [9.17, 15) is 12.8 Å². The first-order valence-electron chi connectivity index (χ1n) is 5.45. The molecule has 1 heterocycles. The molecule has 1 aliphatic rings. The number of ether oxygens (including phenoxy) is 1. The number of hydrogen-bond acceptors (Lipinski definition) is 3. The molecule has 2 rings (SSSR count). The smallest absolute Gasteiger partial charge is 0.274 e. The van der Waals surface area contributed by atoms with Crippen LogP contribution in [-0.4, -0.2) is 14.0 Å². The van der Waals surface area contributed by atoms with Gasteiger partial charge in [-0.1, -0.05) is 6.07 Å². The van der Waals surface area contributed by atoms with Crippen molar-refractivity contribution in [3.63, 3.8) is 0 Å². The summed E-state index contributed by atoms with van der Waals surface area (Å²) in [6, 6.07) is 3.49. The molecule has 5 nitrogen and oxygen atoms in total. The fourth-order valence-corrected chi connectivity index (χ4v) is 2.74. The average Bonchev–Trinajstić information content (AvgIpc) is 2.11. The molecule has 100 valence electrons. The lowest BCUT2D eigenvalue weighted by atomic mass is 9.90. The summed E-state index contributed by atoms with van der Waals surface area (Å²) in [5.41, 5.74) is -0.00637. The number of fused-ring (bicyclic) bond motifs is 1. The van der Waals surface area contributed by atoms with Crippen LogP contribution in [0.5, 0.6) is 5.75 Å². The van der Waals surface area contributed by atoms with E-state index in [1.165, 1.54) is 18.2 Å². The Morgan fingerprint density at radius 1 is 1.50 bits per heavy atom. The maximum atomic E-state index is 13.2. The number of nitrogens with two attached hydrogens (primary N) is 1. The van der Waals surface area contributed by atoms with E-state index in [0.717, 1.165) is 0 Å². The SMILES string of the molecule is CC1(C)CC(NS(N)(=O)=O)c2ccc(F)cc2O1. The van der Waals surface area contributed by atoms with Gasteiger partial charge in [0.15, 0.2) is 0 Å². The summed E-state index contributed by atoms with van der Waals surface area (Å²) in [5, 5.41) is 4.99. The van der Waals surface area contributed by atoms with E-state index in [-0.39, 0.29) is 0 Å². The van der Waals surface area contributed by atoms with Crippen LogP contribution in [0.3, 0.4) is 0 Å². The first-order valence-corrected chi connectivity index (χ1v) is 6.99. The summed E-state index contributed by atoms with van der Waals surface area (Å²) in [6.07, 6.45) is 0.419. The highest BCUT2D eigenvalue weighted by Crippen LogP contribution is 2.39. The second-order valence-electron chi connectivity index (χ2n) is 4.96. The molecule has 0 bridgehead atoms. The van der Waals surface area contributed by atoms with Crippen LogP contribution >= 0.6 is 0 Å². The van der Waals surface area contributed by atoms with Gasteiger partial charge in [-0.15, -0.1) is 0 Å². The lowest BCUT2D eigenvalue weighted by Crippen LogP contribution is -2.43. The zero-order valence-electron chi connectivity index (χ0n) is 10.1. The molecule has 0 spiro atoms. The predicted molar refractivity (Wildman–Crippen MR) is 64.7 cm³/mol. The highest BCUT2D eigenvalue weighted by molar-refractivity contribution is 7.87. The molecule has 3 N–H and O–H groups in total. The van der Waals surface area contributed by atoms with Crippen molar-refractivity contribution in [1.29, 1.82) is 0 Å². The standard InChI is InChI=1S/C11H15FN2O3S/c1-11(2)6-9(14-18(13,15)16)8-4-3-7(12)5-10(8)17-11/h3-5,9,14H,6H2,1-2H3,(H2,13,15,16). The quantitative estimate of drug-likeness (QED) is 0.850. The molecule has 1 aromatic rings. The third kappa shape index (κ3) is 2.98. The second-order valence-corrected chi connectivity index (χ2v) is 6.29. The number of hydrogen-bond donors (Lipinski definition) is 2. The van der Waals surface area contributed by atoms with Crippen molar-refractivity contribution >= 4 is 10.2 Å². The zero-order chi connectivity index (χ0) is 13.6. The Balaban J connectivity index is 2.44. The van der Waals surface area contributed by atoms with Crippen LogP contribution in [0.15, 0.2) is 18.2 Å². The van der Waals surface area contributed by atoms with Crippen LogP contribution in [0, 0.1) is 5.82 Å². The molecule has 1 aromatic carbocycles. The van der Waals surface area contributed by atoms with Gasteiger partial charge in [-0.3, -0.25) is 0 Å². The maximum absolute atomic E-state index is 13.2. The fourth-order valence-electron chi connectivity index (χ4n) is 2.13. The number of nitrogens with one attached hydrogen (secondary N) is 1. The fraction of sp³-hybridized carbons (Fsp3) is 0.455. The van der Waals surface area contributed by atoms with Crippen LogP contribution in [0.1, 0.15) is 31.9 Å². The van der Waals surface area contributed by atoms with E-state index in [0.29, 0.717) is 17.7 Å². The van der Waals surface area contributed by atoms with Gasteiger partial charge in [0.2, 0.25) is 0 Å². The maximum Gasteiger partial charge on any atom is 0.274 e. The topological polar surface area (TPSA) is 81.4 Å². The van der Waals surface area contributed by atoms with Crippen LogP contribution in [0.2, 0.25) is 0 Å². The Bertz CT molecular complexity index is 572. The van der Waals surface area contributed by atoms with E-state index in [4.69, 9.17) is 9.88 Å². The van der Waals surface area contributed by atoms with Gasteiger partial charge >= 0.3 is 0 Å². The molecule has 0 aromatic heterocycles. The molecule has 0 radical (unpaired) electrons. The zero-order valence-corrected chi connectivity index (χ0v) is 10.9. The molecule has 0 amide bonds. The van der Waals surface area contributed by atoms with Gasteiger partial charge in [0.25, 0.3) is 10.2 Å². The Morgan fingerprint density at radius 2 is 2.17 bits per heavy atom. The molecular weight excluding hydrogens is 259 g/mol. The van der Waals surface area contributed by atoms with Crippen LogP contribution in [0.4, 0.5) is 4.39 Å². The molecule has 7 heteroatoms. The molecule has 1 aliphatic heterocycles. The first kappa shape index (κ1) is 13.3. The van der Waals surface area contributed by atoms with Gasteiger partial charge < -0.3 is 4.74 Å². The lowest BCUT2D eigenvalue weighted by molar-refractivity contribution is 0.0697. The Hall–Kier alpha value is -1.18. The Kier molecular flexibility index (Phi) is 3.08. The minimum absolute atomic E-state index is 0.340. The highest BCUT2D eigenvalue weighted by atomic mass is 32.2. The van der Waals surface area contributed by atoms with Crippen molar-refractivity contribution in [3.8, 4) is 5.75 Å². The van der Waals surface area contributed by atoms with Crippen molar-refractivity contribution in [2.24, 2.45) is 5.14 Å². The number of benzene rings is 1. The van der Waals surface area contributed by atoms with Crippen molar-refractivity contribution in [2.75, 3.05) is 0 Å². The predicted octanol–water partition coefficient (Wildman–Crippen LogP) is 1.22. The summed E-state index contributed by atoms with van der Waals surface area (Å²) in [5.74, 6) is -0.0896. The second kappa shape index (κ2) is 4.18. The third-order valence-corrected chi connectivity index (χ3v) is 3.35. The molecule has 0 aliphatic carbocycles. The normalized spacial score (nSPS) is 22.1. The third-order valence-electron chi connectivity index (χ3n) is 2.74. The average molecular weight is 274 g/mol. The summed E-state index contributed by atoms with van der Waals surface area (Å²) in [4.78, 5) is 0. The van der Waals surface area contributed by atoms with Gasteiger partial charge in [-0.2, -0.15) is 13.1 Å². The van der Waals surface area contributed by atoms with E-state index in [1.54, 1.807) is 13.8 Å². The summed E-state index contributed by atoms with van der Waals surface area (Å²) in [6.45, 7) is 3.61. The van der Waals surface area contributed by atoms with E-state index >= 15 is 0 Å². The molecule has 18 heavy (non-hydrogen) atoms. The number of halogens is 1. The lowest BCUT2D eigenvalue weighted by Gasteiger charge is -2.37. The minimum Gasteiger partial charge on any atom is -0.487 e. The molecular formula is C11H15FN2O3S. The summed E-state index contributed by atoms with van der Waals surface area (Å²) >= 11 is 0. The molecule has 0 fully saturated rings. The van der Waals surface area contributed by atoms with E-state index in [1.807, 2.05) is 0 Å². The van der Waals surface area contributed by atoms with Crippen LogP contribution in [-0.2, 0) is 10.2 Å². The molecule has 0 saturated heterocycles. The Morgan fingerprint density at radius 3 is 2.78 bits per heavy atom. The van der Waals surface area contributed by atoms with Crippen molar-refractivity contribution in [3.05, 3.63) is 29.6 Å². The minimum atomic E-state index is -3.83. The summed E-state index contributed by atoms with van der Waals surface area (Å²) < 4.78 is 43.4. The van der Waals surface area contributed by atoms with Gasteiger partial charge in [-0.05, 0) is 19.9 Å². The van der Waals surface area contributed by atoms with Crippen molar-refractivity contribution in [2.45, 2.75) is 31.9 Å². The van der Waals surface area contributed by atoms with Crippen molar-refractivity contribution < 1.29 is 17.5 Å². The number of rotatable bonds is 2. The van der Waals surface area contributed by atoms with Crippen LogP contribution < -0.4 is 14.6 Å². The highest BCUT2D eigenvalue weighted by Gasteiger charge is 2.35. The van der Waals surface area contributed by atoms with E-state index in [2.05, 4.69) is 4.72 Å². The first-order chi connectivity index (χ1) is 8.16. The van der Waals surface area contributed by atoms with Gasteiger partial charge in [-0.25, -0.2) is 9.53 Å². The van der Waals surface area contributed by atoms with Gasteiger partial charge in [0.1, 0.15) is 17.2 Å². The van der Waals surface area contributed by atoms with E-state index < -0.39 is 27.7 Å². The van der Waals surface area contributed by atoms with Gasteiger partial charge in [0.05, 0.1) is 6.04 Å². The largest absolute Gasteiger partial charge is 0.487 e. The molecule has 1 unspecified atom stereocenters. The molecule has 1 atom stereocenters. The molecule has 0 saturated carbocycles. The van der Waals surface area contributed by atoms with Crippen LogP contribution in [0.25, 0.3) is 0 Å². The Labute approximate surface area is 105 Å². The summed E-state index contributed by atoms with van der Waals surface area (Å²) in [7, 11) is -3.83. The van der Waals surface area contributed by atoms with Crippen molar-refractivity contribution in [1.82, 2.24) is 4.72 Å². The monoisotopic (exact) mass is 274 g/mol. The van der Waals surface area contributed by atoms with Gasteiger partial charge in [0, 0.05) is 18.1 Å².